The van der Waals surface area contributed by atoms with Crippen molar-refractivity contribution in [1.29, 1.82) is 0 Å². The van der Waals surface area contributed by atoms with E-state index in [1.54, 1.807) is 0 Å². The zero-order chi connectivity index (χ0) is 13.0. The van der Waals surface area contributed by atoms with E-state index in [9.17, 15) is 0 Å². The molecule has 1 aromatic rings. The summed E-state index contributed by atoms with van der Waals surface area (Å²) in [5.41, 5.74) is 2.56. The van der Waals surface area contributed by atoms with E-state index < -0.39 is 0 Å². The highest BCUT2D eigenvalue weighted by Crippen LogP contribution is 2.20. The van der Waals surface area contributed by atoms with Crippen LogP contribution in [0.3, 0.4) is 0 Å². The minimum Gasteiger partial charge on any atom is -0.310 e. The Labute approximate surface area is 111 Å². The lowest BCUT2D eigenvalue weighted by Gasteiger charge is -2.24. The maximum absolute atomic E-state index is 4.55. The normalized spacial score (nSPS) is 17.1. The predicted octanol–water partition coefficient (Wildman–Crippen LogP) is 2.56. The number of nitrogens with one attached hydrogen (secondary N) is 1. The Morgan fingerprint density at radius 2 is 2.28 bits per heavy atom. The molecular formula is C15H25N3. The summed E-state index contributed by atoms with van der Waals surface area (Å²) in [6.07, 6.45) is 5.75. The molecule has 1 aliphatic carbocycles. The Hall–Kier alpha value is -0.930. The first-order valence-corrected chi connectivity index (χ1v) is 7.07. The third-order valence-corrected chi connectivity index (χ3v) is 3.89. The number of rotatable bonds is 7. The lowest BCUT2D eigenvalue weighted by molar-refractivity contribution is 0.240. The molecule has 1 aromatic heterocycles. The number of hydrogen-bond donors (Lipinski definition) is 1. The van der Waals surface area contributed by atoms with Gasteiger partial charge in [-0.3, -0.25) is 9.88 Å². The van der Waals surface area contributed by atoms with E-state index in [0.717, 1.165) is 19.1 Å². The largest absolute Gasteiger partial charge is 0.310 e. The van der Waals surface area contributed by atoms with Crippen molar-refractivity contribution in [2.24, 2.45) is 0 Å². The topological polar surface area (TPSA) is 28.2 Å². The number of hydrogen-bond acceptors (Lipinski definition) is 3. The van der Waals surface area contributed by atoms with Gasteiger partial charge in [-0.15, -0.1) is 0 Å². The van der Waals surface area contributed by atoms with Crippen molar-refractivity contribution < 1.29 is 0 Å². The SMILES string of the molecule is CCC(C)N(C)Cc1ncccc1CNC1CC1. The van der Waals surface area contributed by atoms with Crippen LogP contribution >= 0.6 is 0 Å². The van der Waals surface area contributed by atoms with E-state index in [0.29, 0.717) is 6.04 Å². The van der Waals surface area contributed by atoms with Gasteiger partial charge in [0, 0.05) is 31.4 Å². The lowest BCUT2D eigenvalue weighted by atomic mass is 10.1. The molecule has 1 saturated carbocycles. The summed E-state index contributed by atoms with van der Waals surface area (Å²) in [5.74, 6) is 0. The maximum atomic E-state index is 4.55. The molecular weight excluding hydrogens is 222 g/mol. The fourth-order valence-corrected chi connectivity index (χ4v) is 2.02. The van der Waals surface area contributed by atoms with E-state index in [4.69, 9.17) is 0 Å². The van der Waals surface area contributed by atoms with Crippen molar-refractivity contribution in [3.63, 3.8) is 0 Å². The molecule has 0 aromatic carbocycles. The molecule has 2 rings (SSSR count). The molecule has 1 heterocycles. The summed E-state index contributed by atoms with van der Waals surface area (Å²) in [6, 6.07) is 5.60. The second kappa shape index (κ2) is 6.30. The van der Waals surface area contributed by atoms with Gasteiger partial charge < -0.3 is 5.32 Å². The Morgan fingerprint density at radius 3 is 2.94 bits per heavy atom. The first-order valence-electron chi connectivity index (χ1n) is 7.07. The predicted molar refractivity (Wildman–Crippen MR) is 75.3 cm³/mol. The molecule has 1 unspecified atom stereocenters. The van der Waals surface area contributed by atoms with Crippen LogP contribution in [0, 0.1) is 0 Å². The molecule has 3 heteroatoms. The second-order valence-electron chi connectivity index (χ2n) is 5.44. The van der Waals surface area contributed by atoms with Crippen molar-refractivity contribution in [3.05, 3.63) is 29.6 Å². The quantitative estimate of drug-likeness (QED) is 0.802. The average Bonchev–Trinajstić information content (AvgIpc) is 3.20. The van der Waals surface area contributed by atoms with Gasteiger partial charge in [0.05, 0.1) is 5.69 Å². The summed E-state index contributed by atoms with van der Waals surface area (Å²) in [5, 5.41) is 3.57. The molecule has 18 heavy (non-hydrogen) atoms. The minimum atomic E-state index is 0.608. The number of pyridine rings is 1. The number of nitrogens with zero attached hydrogens (tertiary/aromatic N) is 2. The first-order chi connectivity index (χ1) is 8.70. The van der Waals surface area contributed by atoms with E-state index >= 15 is 0 Å². The van der Waals surface area contributed by atoms with Crippen molar-refractivity contribution in [2.75, 3.05) is 7.05 Å². The van der Waals surface area contributed by atoms with Crippen LogP contribution in [0.4, 0.5) is 0 Å². The van der Waals surface area contributed by atoms with Gasteiger partial charge in [-0.1, -0.05) is 13.0 Å². The van der Waals surface area contributed by atoms with Crippen LogP contribution < -0.4 is 5.32 Å². The molecule has 1 atom stereocenters. The van der Waals surface area contributed by atoms with Crippen LogP contribution in [0.5, 0.6) is 0 Å². The van der Waals surface area contributed by atoms with E-state index in [1.165, 1.54) is 30.5 Å². The van der Waals surface area contributed by atoms with Gasteiger partial charge in [-0.2, -0.15) is 0 Å². The van der Waals surface area contributed by atoms with Gasteiger partial charge in [0.25, 0.3) is 0 Å². The van der Waals surface area contributed by atoms with Crippen molar-refractivity contribution in [3.8, 4) is 0 Å². The summed E-state index contributed by atoms with van der Waals surface area (Å²) >= 11 is 0. The van der Waals surface area contributed by atoms with Crippen molar-refractivity contribution >= 4 is 0 Å². The smallest absolute Gasteiger partial charge is 0.0588 e. The summed E-state index contributed by atoms with van der Waals surface area (Å²) in [7, 11) is 2.18. The zero-order valence-corrected chi connectivity index (χ0v) is 11.8. The maximum Gasteiger partial charge on any atom is 0.0588 e. The van der Waals surface area contributed by atoms with Gasteiger partial charge in [-0.05, 0) is 44.9 Å². The van der Waals surface area contributed by atoms with Crippen LogP contribution in [0.1, 0.15) is 44.4 Å². The zero-order valence-electron chi connectivity index (χ0n) is 11.8. The molecule has 0 amide bonds. The van der Waals surface area contributed by atoms with E-state index in [1.807, 2.05) is 12.3 Å². The fourth-order valence-electron chi connectivity index (χ4n) is 2.02. The third kappa shape index (κ3) is 3.79. The third-order valence-electron chi connectivity index (χ3n) is 3.89. The van der Waals surface area contributed by atoms with E-state index in [2.05, 4.69) is 42.2 Å². The molecule has 0 saturated heterocycles. The molecule has 0 bridgehead atoms. The Morgan fingerprint density at radius 1 is 1.50 bits per heavy atom. The summed E-state index contributed by atoms with van der Waals surface area (Å²) in [4.78, 5) is 6.93. The monoisotopic (exact) mass is 247 g/mol. The molecule has 0 radical (unpaired) electrons. The highest BCUT2D eigenvalue weighted by Gasteiger charge is 2.20. The Bertz CT molecular complexity index is 374. The molecule has 1 aliphatic rings. The van der Waals surface area contributed by atoms with Crippen LogP contribution in [0.25, 0.3) is 0 Å². The highest BCUT2D eigenvalue weighted by molar-refractivity contribution is 5.20. The van der Waals surface area contributed by atoms with Gasteiger partial charge in [0.1, 0.15) is 0 Å². The summed E-state index contributed by atoms with van der Waals surface area (Å²) in [6.45, 7) is 6.40. The van der Waals surface area contributed by atoms with Gasteiger partial charge in [0.15, 0.2) is 0 Å². The molecule has 1 N–H and O–H groups in total. The van der Waals surface area contributed by atoms with Crippen molar-refractivity contribution in [1.82, 2.24) is 15.2 Å². The Balaban J connectivity index is 1.96. The fraction of sp³-hybridized carbons (Fsp3) is 0.667. The number of aromatic nitrogens is 1. The Kier molecular flexibility index (Phi) is 4.72. The lowest BCUT2D eigenvalue weighted by Crippen LogP contribution is -2.29. The van der Waals surface area contributed by atoms with Crippen LogP contribution in [0.15, 0.2) is 18.3 Å². The average molecular weight is 247 g/mol. The van der Waals surface area contributed by atoms with Crippen molar-refractivity contribution in [2.45, 2.75) is 58.3 Å². The standard InChI is InChI=1S/C15H25N3/c1-4-12(2)18(3)11-15-13(6-5-9-16-15)10-17-14-7-8-14/h5-6,9,12,14,17H,4,7-8,10-11H2,1-3H3. The van der Waals surface area contributed by atoms with Crippen LogP contribution in [0.2, 0.25) is 0 Å². The molecule has 100 valence electrons. The highest BCUT2D eigenvalue weighted by atomic mass is 15.1. The van der Waals surface area contributed by atoms with E-state index in [-0.39, 0.29) is 0 Å². The molecule has 3 nitrogen and oxygen atoms in total. The molecule has 1 fully saturated rings. The van der Waals surface area contributed by atoms with Gasteiger partial charge >= 0.3 is 0 Å². The first kappa shape index (κ1) is 13.5. The molecule has 0 aliphatic heterocycles. The van der Waals surface area contributed by atoms with Gasteiger partial charge in [0.2, 0.25) is 0 Å². The minimum absolute atomic E-state index is 0.608. The molecule has 0 spiro atoms. The van der Waals surface area contributed by atoms with Gasteiger partial charge in [-0.25, -0.2) is 0 Å². The summed E-state index contributed by atoms with van der Waals surface area (Å²) < 4.78 is 0. The second-order valence-corrected chi connectivity index (χ2v) is 5.44. The van der Waals surface area contributed by atoms with Crippen LogP contribution in [-0.4, -0.2) is 29.0 Å². The van der Waals surface area contributed by atoms with Crippen LogP contribution in [-0.2, 0) is 13.1 Å².